The molecule has 0 spiro atoms. The van der Waals surface area contributed by atoms with E-state index in [-0.39, 0.29) is 19.4 Å². The molecule has 2 aromatic rings. The Morgan fingerprint density at radius 1 is 0.571 bits per heavy atom. The molecule has 0 aliphatic rings. The van der Waals surface area contributed by atoms with Gasteiger partial charge >= 0.3 is 23.9 Å². The molecule has 0 bridgehead atoms. The molecule has 0 saturated heterocycles. The number of alkyl halides is 9. The highest BCUT2D eigenvalue weighted by molar-refractivity contribution is 6.94. The quantitative estimate of drug-likeness (QED) is 0.0645. The summed E-state index contributed by atoms with van der Waals surface area (Å²) in [4.78, 5) is 8.72. The highest BCUT2D eigenvalue weighted by Crippen LogP contribution is 2.54. The van der Waals surface area contributed by atoms with E-state index < -0.39 is 52.9 Å². The summed E-state index contributed by atoms with van der Waals surface area (Å²) in [7, 11) is -2.03. The average molecular weight is 747 g/mol. The van der Waals surface area contributed by atoms with E-state index in [0.717, 1.165) is 18.4 Å². The van der Waals surface area contributed by atoms with Gasteiger partial charge in [-0.2, -0.15) is 39.5 Å². The molecule has 2 rings (SSSR count). The van der Waals surface area contributed by atoms with Gasteiger partial charge in [0.2, 0.25) is 0 Å². The van der Waals surface area contributed by atoms with Crippen LogP contribution in [0.2, 0.25) is 44.4 Å². The van der Waals surface area contributed by atoms with Crippen LogP contribution >= 0.6 is 0 Å². The topological polar surface area (TPSA) is 44.2 Å². The third-order valence-corrected chi connectivity index (χ3v) is 17.9. The molecule has 49 heavy (non-hydrogen) atoms. The van der Waals surface area contributed by atoms with Gasteiger partial charge in [-0.15, -0.1) is 0 Å². The number of hydrogen-bond acceptors (Lipinski definition) is 4. The maximum Gasteiger partial charge on any atom is 0.460 e. The normalized spacial score (nSPS) is 13.5. The Hall–Kier alpha value is -2.30. The van der Waals surface area contributed by atoms with Crippen LogP contribution in [0.1, 0.15) is 70.6 Å². The standard InChI is InChI=1S/C34H51F9N2O2Si2/c1-48(2,3)26-49(4,5)23-15-11-7-6-9-13-22-47-29-24-44-30(45-25-29)27-16-18-28(19-17-27)46-21-14-10-8-12-20-31(35,36)32(37,38)33(39,40)34(41,42)43/h16-19,24-25H,6-15,20-23,26H2,1-5H3. The summed E-state index contributed by atoms with van der Waals surface area (Å²) in [6.07, 6.45) is 1.68. The Balaban J connectivity index is 1.61. The third-order valence-electron chi connectivity index (χ3n) is 8.13. The van der Waals surface area contributed by atoms with Crippen molar-refractivity contribution in [1.29, 1.82) is 0 Å². The lowest BCUT2D eigenvalue weighted by Crippen LogP contribution is -2.60. The van der Waals surface area contributed by atoms with Crippen molar-refractivity contribution in [2.75, 3.05) is 13.2 Å². The Morgan fingerprint density at radius 2 is 1.04 bits per heavy atom. The molecule has 0 aliphatic carbocycles. The highest BCUT2D eigenvalue weighted by Gasteiger charge is 2.81. The first-order valence-electron chi connectivity index (χ1n) is 17.0. The highest BCUT2D eigenvalue weighted by atomic mass is 28.4. The zero-order valence-electron chi connectivity index (χ0n) is 29.2. The van der Waals surface area contributed by atoms with Gasteiger partial charge in [-0.3, -0.25) is 0 Å². The lowest BCUT2D eigenvalue weighted by Gasteiger charge is -2.33. The van der Waals surface area contributed by atoms with E-state index in [1.165, 1.54) is 37.4 Å². The van der Waals surface area contributed by atoms with Crippen LogP contribution in [0, 0.1) is 0 Å². The van der Waals surface area contributed by atoms with Crippen LogP contribution < -0.4 is 9.47 Å². The number of rotatable bonds is 23. The minimum Gasteiger partial charge on any atom is -0.494 e. The first kappa shape index (κ1) is 42.9. The van der Waals surface area contributed by atoms with Crippen LogP contribution in [0.3, 0.4) is 0 Å². The van der Waals surface area contributed by atoms with Gasteiger partial charge in [-0.1, -0.05) is 89.4 Å². The molecule has 0 N–H and O–H groups in total. The van der Waals surface area contributed by atoms with Crippen molar-refractivity contribution in [2.24, 2.45) is 0 Å². The van der Waals surface area contributed by atoms with Gasteiger partial charge in [-0.25, -0.2) is 9.97 Å². The molecular weight excluding hydrogens is 696 g/mol. The zero-order chi connectivity index (χ0) is 37.0. The van der Waals surface area contributed by atoms with Crippen molar-refractivity contribution < 1.29 is 49.0 Å². The van der Waals surface area contributed by atoms with E-state index in [2.05, 4.69) is 42.7 Å². The molecule has 1 aromatic heterocycles. The van der Waals surface area contributed by atoms with Gasteiger partial charge in [0.15, 0.2) is 11.6 Å². The number of benzene rings is 1. The van der Waals surface area contributed by atoms with Crippen LogP contribution in [0.4, 0.5) is 39.5 Å². The number of ether oxygens (including phenoxy) is 2. The molecule has 0 saturated carbocycles. The molecule has 0 atom stereocenters. The van der Waals surface area contributed by atoms with Crippen LogP contribution in [0.5, 0.6) is 11.5 Å². The van der Waals surface area contributed by atoms with Crippen LogP contribution in [0.15, 0.2) is 36.7 Å². The van der Waals surface area contributed by atoms with Crippen LogP contribution in [-0.2, 0) is 0 Å². The molecule has 1 aromatic carbocycles. The lowest BCUT2D eigenvalue weighted by atomic mass is 9.98. The largest absolute Gasteiger partial charge is 0.494 e. The van der Waals surface area contributed by atoms with Crippen LogP contribution in [0.25, 0.3) is 11.4 Å². The monoisotopic (exact) mass is 746 g/mol. The van der Waals surface area contributed by atoms with E-state index in [0.29, 0.717) is 30.4 Å². The Morgan fingerprint density at radius 3 is 1.55 bits per heavy atom. The Bertz CT molecular complexity index is 1240. The average Bonchev–Trinajstić information content (AvgIpc) is 2.98. The van der Waals surface area contributed by atoms with E-state index in [9.17, 15) is 39.5 Å². The predicted octanol–water partition coefficient (Wildman–Crippen LogP) is 12.2. The van der Waals surface area contributed by atoms with Gasteiger partial charge in [0, 0.05) is 28.1 Å². The molecular formula is C34H51F9N2O2Si2. The minimum atomic E-state index is -6.85. The fraction of sp³-hybridized carbons (Fsp3) is 0.706. The first-order chi connectivity index (χ1) is 22.6. The van der Waals surface area contributed by atoms with Crippen molar-refractivity contribution in [3.8, 4) is 22.9 Å². The fourth-order valence-electron chi connectivity index (χ4n) is 5.92. The predicted molar refractivity (Wildman–Crippen MR) is 181 cm³/mol. The van der Waals surface area contributed by atoms with Crippen molar-refractivity contribution in [3.05, 3.63) is 36.7 Å². The zero-order valence-corrected chi connectivity index (χ0v) is 31.2. The summed E-state index contributed by atoms with van der Waals surface area (Å²) >= 11 is 0. The maximum absolute atomic E-state index is 13.6. The van der Waals surface area contributed by atoms with Crippen molar-refractivity contribution in [3.63, 3.8) is 0 Å². The van der Waals surface area contributed by atoms with E-state index in [1.807, 2.05) is 0 Å². The van der Waals surface area contributed by atoms with Gasteiger partial charge in [-0.05, 0) is 43.5 Å². The van der Waals surface area contributed by atoms with Gasteiger partial charge < -0.3 is 9.47 Å². The van der Waals surface area contributed by atoms with Crippen molar-refractivity contribution in [1.82, 2.24) is 9.97 Å². The van der Waals surface area contributed by atoms with E-state index in [4.69, 9.17) is 9.47 Å². The van der Waals surface area contributed by atoms with Crippen LogP contribution in [-0.4, -0.2) is 63.3 Å². The second-order valence-corrected chi connectivity index (χ2v) is 26.1. The number of halogens is 9. The summed E-state index contributed by atoms with van der Waals surface area (Å²) in [6.45, 7) is 13.3. The molecule has 280 valence electrons. The second-order valence-electron chi connectivity index (χ2n) is 14.8. The molecule has 1 heterocycles. The summed E-state index contributed by atoms with van der Waals surface area (Å²) in [6, 6.07) is 8.30. The minimum absolute atomic E-state index is 0.0819. The number of nitrogens with zero attached hydrogens (tertiary/aromatic N) is 2. The third kappa shape index (κ3) is 14.1. The lowest BCUT2D eigenvalue weighted by molar-refractivity contribution is -0.396. The molecule has 0 amide bonds. The Labute approximate surface area is 286 Å². The molecule has 0 fully saturated rings. The number of aromatic nitrogens is 2. The van der Waals surface area contributed by atoms with Crippen molar-refractivity contribution >= 4 is 16.1 Å². The molecule has 4 nitrogen and oxygen atoms in total. The first-order valence-corrected chi connectivity index (χ1v) is 24.1. The summed E-state index contributed by atoms with van der Waals surface area (Å²) < 4.78 is 128. The maximum atomic E-state index is 13.6. The molecule has 0 unspecified atom stereocenters. The number of unbranched alkanes of at least 4 members (excludes halogenated alkanes) is 8. The summed E-state index contributed by atoms with van der Waals surface area (Å²) in [5, 5.41) is 0. The number of hydrogen-bond donors (Lipinski definition) is 0. The summed E-state index contributed by atoms with van der Waals surface area (Å²) in [5.74, 6) is -17.3. The van der Waals surface area contributed by atoms with Gasteiger partial charge in [0.05, 0.1) is 25.6 Å². The molecule has 15 heteroatoms. The van der Waals surface area contributed by atoms with Crippen molar-refractivity contribution in [2.45, 2.75) is 139 Å². The molecule has 0 aliphatic heterocycles. The Kier molecular flexibility index (Phi) is 16.0. The van der Waals surface area contributed by atoms with Gasteiger partial charge in [0.1, 0.15) is 5.75 Å². The second kappa shape index (κ2) is 18.3. The smallest absolute Gasteiger partial charge is 0.460 e. The fourth-order valence-corrected chi connectivity index (χ4v) is 19.3. The van der Waals surface area contributed by atoms with Gasteiger partial charge in [0.25, 0.3) is 0 Å². The van der Waals surface area contributed by atoms with E-state index >= 15 is 0 Å². The summed E-state index contributed by atoms with van der Waals surface area (Å²) in [5.41, 5.74) is 2.24. The van der Waals surface area contributed by atoms with E-state index in [1.54, 1.807) is 36.7 Å². The SMILES string of the molecule is C[Si](C)(C)C[Si](C)(C)CCCCCCCCOc1cnc(-c2ccc(OCCCCCCC(F)(F)C(F)(F)C(F)(F)C(F)(F)F)cc2)nc1. The molecule has 0 radical (unpaired) electrons.